The van der Waals surface area contributed by atoms with Crippen LogP contribution in [0.4, 0.5) is 0 Å². The number of nitrogens with zero attached hydrogens (tertiary/aromatic N) is 1. The molecule has 2 atom stereocenters. The van der Waals surface area contributed by atoms with Crippen molar-refractivity contribution in [3.8, 4) is 0 Å². The Morgan fingerprint density at radius 2 is 2.06 bits per heavy atom. The maximum atomic E-state index is 12.3. The molecule has 3 heteroatoms. The fraction of sp³-hybridized carbons (Fsp3) is 0.933. The molecule has 0 spiro atoms. The summed E-state index contributed by atoms with van der Waals surface area (Å²) in [5, 5.41) is 0. The number of hydrogen-bond acceptors (Lipinski definition) is 3. The van der Waals surface area contributed by atoms with Crippen LogP contribution in [0.25, 0.3) is 0 Å². The standard InChI is InChI=1S/C15H27NO2/c1-14(2)8-6-12(13(14)17)10-16-9-5-7-15(3,11-16)18-4/h12H,5-11H2,1-4H3. The minimum atomic E-state index is -0.0922. The Balaban J connectivity index is 1.93. The quantitative estimate of drug-likeness (QED) is 0.774. The summed E-state index contributed by atoms with van der Waals surface area (Å²) in [6.07, 6.45) is 4.41. The maximum absolute atomic E-state index is 12.3. The summed E-state index contributed by atoms with van der Waals surface area (Å²) in [7, 11) is 1.80. The van der Waals surface area contributed by atoms with Crippen molar-refractivity contribution in [1.82, 2.24) is 4.90 Å². The molecule has 1 aliphatic carbocycles. The van der Waals surface area contributed by atoms with E-state index in [1.54, 1.807) is 7.11 Å². The molecule has 0 aromatic heterocycles. The molecule has 0 amide bonds. The lowest BCUT2D eigenvalue weighted by Gasteiger charge is -2.40. The molecule has 2 rings (SSSR count). The van der Waals surface area contributed by atoms with E-state index in [4.69, 9.17) is 4.74 Å². The lowest BCUT2D eigenvalue weighted by atomic mass is 9.88. The van der Waals surface area contributed by atoms with E-state index in [0.29, 0.717) is 5.78 Å². The Labute approximate surface area is 111 Å². The minimum Gasteiger partial charge on any atom is -0.377 e. The predicted octanol–water partition coefficient (Wildman–Crippen LogP) is 2.49. The zero-order chi connectivity index (χ0) is 13.4. The molecule has 2 fully saturated rings. The number of methoxy groups -OCH3 is 1. The summed E-state index contributed by atoms with van der Waals surface area (Å²) in [5.74, 6) is 0.714. The second-order valence-corrected chi connectivity index (χ2v) is 6.98. The highest BCUT2D eigenvalue weighted by atomic mass is 16.5. The number of ether oxygens (including phenoxy) is 1. The lowest BCUT2D eigenvalue weighted by Crippen LogP contribution is -2.49. The van der Waals surface area contributed by atoms with Gasteiger partial charge in [0.25, 0.3) is 0 Å². The average molecular weight is 253 g/mol. The normalized spacial score (nSPS) is 37.1. The molecule has 3 nitrogen and oxygen atoms in total. The second-order valence-electron chi connectivity index (χ2n) is 6.98. The van der Waals surface area contributed by atoms with Gasteiger partial charge >= 0.3 is 0 Å². The molecule has 1 saturated heterocycles. The van der Waals surface area contributed by atoms with Gasteiger partial charge in [-0.3, -0.25) is 9.69 Å². The van der Waals surface area contributed by atoms with Crippen molar-refractivity contribution in [3.63, 3.8) is 0 Å². The minimum absolute atomic E-state index is 0.0184. The van der Waals surface area contributed by atoms with Gasteiger partial charge in [0.15, 0.2) is 0 Å². The van der Waals surface area contributed by atoms with E-state index < -0.39 is 0 Å². The van der Waals surface area contributed by atoms with Crippen molar-refractivity contribution >= 4 is 5.78 Å². The number of ketones is 1. The molecule has 18 heavy (non-hydrogen) atoms. The van der Waals surface area contributed by atoms with Crippen LogP contribution in [0.3, 0.4) is 0 Å². The van der Waals surface area contributed by atoms with Crippen LogP contribution in [0.5, 0.6) is 0 Å². The Morgan fingerprint density at radius 1 is 1.33 bits per heavy atom. The predicted molar refractivity (Wildman–Crippen MR) is 72.6 cm³/mol. The summed E-state index contributed by atoms with van der Waals surface area (Å²) >= 11 is 0. The third kappa shape index (κ3) is 2.77. The smallest absolute Gasteiger partial charge is 0.142 e. The van der Waals surface area contributed by atoms with E-state index in [2.05, 4.69) is 25.7 Å². The van der Waals surface area contributed by atoms with Crippen molar-refractivity contribution < 1.29 is 9.53 Å². The van der Waals surface area contributed by atoms with Crippen LogP contribution in [-0.4, -0.2) is 43.0 Å². The topological polar surface area (TPSA) is 29.5 Å². The highest BCUT2D eigenvalue weighted by molar-refractivity contribution is 5.88. The zero-order valence-electron chi connectivity index (χ0n) is 12.3. The van der Waals surface area contributed by atoms with Gasteiger partial charge in [0.2, 0.25) is 0 Å². The monoisotopic (exact) mass is 253 g/mol. The third-order valence-electron chi connectivity index (χ3n) is 4.87. The van der Waals surface area contributed by atoms with Crippen molar-refractivity contribution in [2.24, 2.45) is 11.3 Å². The van der Waals surface area contributed by atoms with Gasteiger partial charge in [0.05, 0.1) is 5.60 Å². The first-order chi connectivity index (χ1) is 8.36. The highest BCUT2D eigenvalue weighted by Gasteiger charge is 2.42. The van der Waals surface area contributed by atoms with Crippen LogP contribution >= 0.6 is 0 Å². The molecular formula is C15H27NO2. The van der Waals surface area contributed by atoms with Crippen LogP contribution in [0.2, 0.25) is 0 Å². The SMILES string of the molecule is COC1(C)CCCN(CC2CCC(C)(C)C2=O)C1. The van der Waals surface area contributed by atoms with Gasteiger partial charge in [-0.1, -0.05) is 13.8 Å². The third-order valence-corrected chi connectivity index (χ3v) is 4.87. The lowest BCUT2D eigenvalue weighted by molar-refractivity contribution is -0.128. The molecule has 2 aliphatic rings. The van der Waals surface area contributed by atoms with Gasteiger partial charge in [0, 0.05) is 31.5 Å². The first-order valence-corrected chi connectivity index (χ1v) is 7.18. The average Bonchev–Trinajstić information content (AvgIpc) is 2.57. The van der Waals surface area contributed by atoms with Crippen molar-refractivity contribution in [1.29, 1.82) is 0 Å². The molecule has 0 bridgehead atoms. The number of hydrogen-bond donors (Lipinski definition) is 0. The van der Waals surface area contributed by atoms with E-state index in [0.717, 1.165) is 38.9 Å². The molecule has 0 radical (unpaired) electrons. The Bertz CT molecular complexity index is 326. The maximum Gasteiger partial charge on any atom is 0.142 e. The van der Waals surface area contributed by atoms with Crippen LogP contribution in [0.1, 0.15) is 46.5 Å². The number of Topliss-reactive ketones (excluding diaryl/α,β-unsaturated/α-hetero) is 1. The van der Waals surface area contributed by atoms with Gasteiger partial charge in [0.1, 0.15) is 5.78 Å². The number of carbonyl (C=O) groups is 1. The van der Waals surface area contributed by atoms with Crippen molar-refractivity contribution in [2.75, 3.05) is 26.7 Å². The first kappa shape index (κ1) is 14.0. The van der Waals surface area contributed by atoms with Crippen molar-refractivity contribution in [3.05, 3.63) is 0 Å². The summed E-state index contributed by atoms with van der Waals surface area (Å²) in [4.78, 5) is 14.7. The van der Waals surface area contributed by atoms with Gasteiger partial charge in [-0.05, 0) is 39.2 Å². The first-order valence-electron chi connectivity index (χ1n) is 7.18. The molecule has 1 heterocycles. The van der Waals surface area contributed by atoms with Crippen molar-refractivity contribution in [2.45, 2.75) is 52.1 Å². The van der Waals surface area contributed by atoms with Crippen LogP contribution in [-0.2, 0) is 9.53 Å². The fourth-order valence-electron chi connectivity index (χ4n) is 3.46. The number of piperidine rings is 1. The molecule has 104 valence electrons. The molecule has 0 aromatic rings. The van der Waals surface area contributed by atoms with E-state index in [-0.39, 0.29) is 16.9 Å². The molecule has 2 unspecified atom stereocenters. The van der Waals surface area contributed by atoms with Crippen LogP contribution in [0, 0.1) is 11.3 Å². The molecule has 1 saturated carbocycles. The van der Waals surface area contributed by atoms with Crippen LogP contribution < -0.4 is 0 Å². The highest BCUT2D eigenvalue weighted by Crippen LogP contribution is 2.38. The van der Waals surface area contributed by atoms with Crippen LogP contribution in [0.15, 0.2) is 0 Å². The number of likely N-dealkylation sites (tertiary alicyclic amines) is 1. The number of rotatable bonds is 3. The van der Waals surface area contributed by atoms with E-state index in [1.807, 2.05) is 0 Å². The molecular weight excluding hydrogens is 226 g/mol. The zero-order valence-corrected chi connectivity index (χ0v) is 12.3. The van der Waals surface area contributed by atoms with Gasteiger partial charge in [-0.2, -0.15) is 0 Å². The summed E-state index contributed by atoms with van der Waals surface area (Å²) in [6, 6.07) is 0. The fourth-order valence-corrected chi connectivity index (χ4v) is 3.46. The summed E-state index contributed by atoms with van der Waals surface area (Å²) < 4.78 is 5.61. The Morgan fingerprint density at radius 3 is 2.61 bits per heavy atom. The Hall–Kier alpha value is -0.410. The van der Waals surface area contributed by atoms with E-state index >= 15 is 0 Å². The summed E-state index contributed by atoms with van der Waals surface area (Å²) in [5.41, 5.74) is -0.111. The Kier molecular flexibility index (Phi) is 3.84. The summed E-state index contributed by atoms with van der Waals surface area (Å²) in [6.45, 7) is 9.37. The van der Waals surface area contributed by atoms with Gasteiger partial charge < -0.3 is 4.74 Å². The largest absolute Gasteiger partial charge is 0.377 e. The van der Waals surface area contributed by atoms with E-state index in [1.165, 1.54) is 6.42 Å². The molecule has 1 aliphatic heterocycles. The van der Waals surface area contributed by atoms with Gasteiger partial charge in [-0.25, -0.2) is 0 Å². The molecule has 0 N–H and O–H groups in total. The van der Waals surface area contributed by atoms with E-state index in [9.17, 15) is 4.79 Å². The number of carbonyl (C=O) groups excluding carboxylic acids is 1. The molecule has 0 aromatic carbocycles. The second kappa shape index (κ2) is 4.93. The van der Waals surface area contributed by atoms with Gasteiger partial charge in [-0.15, -0.1) is 0 Å².